The Morgan fingerprint density at radius 1 is 1.05 bits per heavy atom. The van der Waals surface area contributed by atoms with Crippen molar-refractivity contribution < 1.29 is 19.1 Å². The topological polar surface area (TPSA) is 64.6 Å². The Labute approximate surface area is 134 Å². The maximum absolute atomic E-state index is 12.1. The van der Waals surface area contributed by atoms with Gasteiger partial charge in [-0.3, -0.25) is 4.79 Å². The molecule has 1 unspecified atom stereocenters. The van der Waals surface area contributed by atoms with Crippen LogP contribution in [-0.4, -0.2) is 37.7 Å². The van der Waals surface area contributed by atoms with Crippen molar-refractivity contribution in [1.29, 1.82) is 0 Å². The quantitative estimate of drug-likeness (QED) is 0.629. The molecular weight excluding hydrogens is 282 g/mol. The molecule has 5 heteroatoms. The van der Waals surface area contributed by atoms with Gasteiger partial charge in [0, 0.05) is 13.2 Å². The lowest BCUT2D eigenvalue weighted by Crippen LogP contribution is -2.43. The summed E-state index contributed by atoms with van der Waals surface area (Å²) in [4.78, 5) is 23.9. The molecule has 0 aromatic rings. The zero-order valence-electron chi connectivity index (χ0n) is 13.9. The SMILES string of the molecule is CCOC(=O)C1OCCCCCCCCCCCCNC1=O. The Bertz CT molecular complexity index is 320. The van der Waals surface area contributed by atoms with Gasteiger partial charge < -0.3 is 14.8 Å². The molecule has 1 amide bonds. The summed E-state index contributed by atoms with van der Waals surface area (Å²) >= 11 is 0. The van der Waals surface area contributed by atoms with E-state index in [9.17, 15) is 9.59 Å². The van der Waals surface area contributed by atoms with Gasteiger partial charge >= 0.3 is 5.97 Å². The fraction of sp³-hybridized carbons (Fsp3) is 0.882. The van der Waals surface area contributed by atoms with Crippen LogP contribution in [0.3, 0.4) is 0 Å². The highest BCUT2D eigenvalue weighted by atomic mass is 16.6. The van der Waals surface area contributed by atoms with E-state index in [0.29, 0.717) is 13.2 Å². The standard InChI is InChI=1S/C17H31NO4/c1-2-21-17(20)15-16(19)18-13-11-9-7-5-3-4-6-8-10-12-14-22-15/h15H,2-14H2,1H3,(H,18,19). The van der Waals surface area contributed by atoms with E-state index in [0.717, 1.165) is 25.7 Å². The highest BCUT2D eigenvalue weighted by Crippen LogP contribution is 2.11. The molecule has 0 saturated carbocycles. The maximum atomic E-state index is 12.1. The van der Waals surface area contributed by atoms with Gasteiger partial charge in [0.15, 0.2) is 0 Å². The van der Waals surface area contributed by atoms with Gasteiger partial charge in [0.25, 0.3) is 5.91 Å². The van der Waals surface area contributed by atoms with Crippen molar-refractivity contribution in [2.24, 2.45) is 0 Å². The van der Waals surface area contributed by atoms with Crippen molar-refractivity contribution in [3.8, 4) is 0 Å². The minimum absolute atomic E-state index is 0.256. The molecule has 0 aromatic heterocycles. The molecule has 1 heterocycles. The molecule has 1 rings (SSSR count). The normalized spacial score (nSPS) is 23.5. The van der Waals surface area contributed by atoms with Gasteiger partial charge in [-0.15, -0.1) is 0 Å². The Morgan fingerprint density at radius 3 is 2.18 bits per heavy atom. The number of amides is 1. The summed E-state index contributed by atoms with van der Waals surface area (Å²) in [6.45, 7) is 3.01. The third-order valence-electron chi connectivity index (χ3n) is 3.89. The van der Waals surface area contributed by atoms with E-state index in [-0.39, 0.29) is 12.5 Å². The first kappa shape index (κ1) is 18.9. The summed E-state index contributed by atoms with van der Waals surface area (Å²) in [6.07, 6.45) is 10.5. The van der Waals surface area contributed by atoms with Crippen LogP contribution in [0.2, 0.25) is 0 Å². The molecule has 1 fully saturated rings. The maximum Gasteiger partial charge on any atom is 0.345 e. The van der Waals surface area contributed by atoms with Crippen LogP contribution < -0.4 is 5.32 Å². The fourth-order valence-corrected chi connectivity index (χ4v) is 2.62. The number of hydrogen-bond acceptors (Lipinski definition) is 4. The van der Waals surface area contributed by atoms with Crippen LogP contribution in [0.5, 0.6) is 0 Å². The minimum atomic E-state index is -1.12. The van der Waals surface area contributed by atoms with Crippen LogP contribution >= 0.6 is 0 Å². The smallest absolute Gasteiger partial charge is 0.345 e. The van der Waals surface area contributed by atoms with E-state index in [4.69, 9.17) is 9.47 Å². The predicted molar refractivity (Wildman–Crippen MR) is 85.6 cm³/mol. The molecule has 0 aliphatic carbocycles. The van der Waals surface area contributed by atoms with Crippen LogP contribution in [0, 0.1) is 0 Å². The largest absolute Gasteiger partial charge is 0.464 e. The lowest BCUT2D eigenvalue weighted by Gasteiger charge is -2.16. The summed E-state index contributed by atoms with van der Waals surface area (Å²) < 4.78 is 10.4. The fourth-order valence-electron chi connectivity index (χ4n) is 2.62. The molecule has 22 heavy (non-hydrogen) atoms. The van der Waals surface area contributed by atoms with Gasteiger partial charge in [0.1, 0.15) is 0 Å². The third kappa shape index (κ3) is 8.37. The molecule has 1 N–H and O–H groups in total. The molecule has 1 aliphatic rings. The molecule has 1 aliphatic heterocycles. The summed E-state index contributed by atoms with van der Waals surface area (Å²) in [6, 6.07) is 0. The summed E-state index contributed by atoms with van der Waals surface area (Å²) in [5.74, 6) is -0.952. The van der Waals surface area contributed by atoms with E-state index in [2.05, 4.69) is 5.32 Å². The van der Waals surface area contributed by atoms with Crippen molar-refractivity contribution in [3.63, 3.8) is 0 Å². The molecule has 1 atom stereocenters. The van der Waals surface area contributed by atoms with E-state index in [1.807, 2.05) is 0 Å². The second-order valence-electron chi connectivity index (χ2n) is 5.83. The molecule has 0 bridgehead atoms. The third-order valence-corrected chi connectivity index (χ3v) is 3.89. The molecule has 1 saturated heterocycles. The Hall–Kier alpha value is -1.10. The van der Waals surface area contributed by atoms with E-state index in [1.165, 1.54) is 38.5 Å². The molecular formula is C17H31NO4. The number of carbonyl (C=O) groups is 2. The van der Waals surface area contributed by atoms with Crippen LogP contribution in [0.15, 0.2) is 0 Å². The van der Waals surface area contributed by atoms with Crippen molar-refractivity contribution in [2.45, 2.75) is 77.2 Å². The highest BCUT2D eigenvalue weighted by Gasteiger charge is 2.28. The first-order valence-electron chi connectivity index (χ1n) is 8.81. The molecule has 0 radical (unpaired) electrons. The van der Waals surface area contributed by atoms with Crippen LogP contribution in [-0.2, 0) is 19.1 Å². The highest BCUT2D eigenvalue weighted by molar-refractivity contribution is 6.00. The number of rotatable bonds is 2. The number of nitrogens with one attached hydrogen (secondary N) is 1. The average Bonchev–Trinajstić information content (AvgIpc) is 2.50. The van der Waals surface area contributed by atoms with Crippen LogP contribution in [0.4, 0.5) is 0 Å². The van der Waals surface area contributed by atoms with Crippen molar-refractivity contribution >= 4 is 11.9 Å². The predicted octanol–water partition coefficient (Wildman–Crippen LogP) is 2.97. The lowest BCUT2D eigenvalue weighted by atomic mass is 10.1. The average molecular weight is 313 g/mol. The first-order chi connectivity index (χ1) is 10.8. The van der Waals surface area contributed by atoms with E-state index < -0.39 is 12.1 Å². The lowest BCUT2D eigenvalue weighted by molar-refractivity contribution is -0.162. The Kier molecular flexibility index (Phi) is 10.7. The summed E-state index contributed by atoms with van der Waals surface area (Å²) in [5.41, 5.74) is 0. The Balaban J connectivity index is 2.47. The summed E-state index contributed by atoms with van der Waals surface area (Å²) in [7, 11) is 0. The van der Waals surface area contributed by atoms with Gasteiger partial charge in [0.2, 0.25) is 6.10 Å². The van der Waals surface area contributed by atoms with E-state index >= 15 is 0 Å². The second-order valence-corrected chi connectivity index (χ2v) is 5.83. The Morgan fingerprint density at radius 2 is 1.59 bits per heavy atom. The van der Waals surface area contributed by atoms with Gasteiger partial charge in [-0.05, 0) is 19.8 Å². The number of ether oxygens (including phenoxy) is 2. The van der Waals surface area contributed by atoms with E-state index in [1.54, 1.807) is 6.92 Å². The molecule has 0 spiro atoms. The van der Waals surface area contributed by atoms with Crippen molar-refractivity contribution in [3.05, 3.63) is 0 Å². The van der Waals surface area contributed by atoms with Gasteiger partial charge in [0.05, 0.1) is 6.61 Å². The monoisotopic (exact) mass is 313 g/mol. The number of carbonyl (C=O) groups excluding carboxylic acids is 2. The van der Waals surface area contributed by atoms with Crippen molar-refractivity contribution in [1.82, 2.24) is 5.32 Å². The summed E-state index contributed by atoms with van der Waals surface area (Å²) in [5, 5.41) is 2.79. The van der Waals surface area contributed by atoms with Crippen LogP contribution in [0.25, 0.3) is 0 Å². The number of hydrogen-bond donors (Lipinski definition) is 1. The van der Waals surface area contributed by atoms with Gasteiger partial charge in [-0.1, -0.05) is 51.4 Å². The van der Waals surface area contributed by atoms with Crippen molar-refractivity contribution in [2.75, 3.05) is 19.8 Å². The molecule has 5 nitrogen and oxygen atoms in total. The number of esters is 1. The minimum Gasteiger partial charge on any atom is -0.464 e. The zero-order valence-corrected chi connectivity index (χ0v) is 13.9. The zero-order chi connectivity index (χ0) is 16.0. The van der Waals surface area contributed by atoms with Crippen LogP contribution in [0.1, 0.15) is 71.1 Å². The molecule has 128 valence electrons. The molecule has 0 aromatic carbocycles. The first-order valence-corrected chi connectivity index (χ1v) is 8.81. The van der Waals surface area contributed by atoms with Gasteiger partial charge in [-0.25, -0.2) is 4.79 Å². The van der Waals surface area contributed by atoms with Gasteiger partial charge in [-0.2, -0.15) is 0 Å². The second kappa shape index (κ2) is 12.4.